The maximum absolute atomic E-state index is 5.00. The molecule has 0 aromatic heterocycles. The Morgan fingerprint density at radius 2 is 1.54 bits per heavy atom. The minimum absolute atomic E-state index is 0.751. The van der Waals surface area contributed by atoms with E-state index in [0.29, 0.717) is 0 Å². The van der Waals surface area contributed by atoms with Crippen molar-refractivity contribution in [1.29, 1.82) is 0 Å². The van der Waals surface area contributed by atoms with Crippen LogP contribution < -0.4 is 0 Å². The number of methoxy groups -OCH3 is 2. The van der Waals surface area contributed by atoms with E-state index in [1.54, 1.807) is 0 Å². The van der Waals surface area contributed by atoms with E-state index in [4.69, 9.17) is 18.5 Å². The Kier molecular flexibility index (Phi) is 6.11. The molecule has 0 aromatic rings. The van der Waals surface area contributed by atoms with Crippen LogP contribution in [-0.2, 0) is 18.5 Å². The third-order valence-corrected chi connectivity index (χ3v) is 3.09. The van der Waals surface area contributed by atoms with Gasteiger partial charge in [0.25, 0.3) is 6.41 Å². The zero-order valence-electron chi connectivity index (χ0n) is 8.26. The maximum Gasteiger partial charge on any atom is 0.339 e. The van der Waals surface area contributed by atoms with Crippen molar-refractivity contribution in [3.8, 4) is 0 Å². The van der Waals surface area contributed by atoms with Crippen LogP contribution in [0, 0.1) is 0 Å². The van der Waals surface area contributed by atoms with E-state index < -0.39 is 14.1 Å². The summed E-state index contributed by atoms with van der Waals surface area (Å²) in [5.41, 5.74) is 0. The highest BCUT2D eigenvalue weighted by Crippen LogP contribution is 2.52. The number of hydrogen-bond acceptors (Lipinski definition) is 5. The van der Waals surface area contributed by atoms with E-state index in [2.05, 4.69) is 16.2 Å². The lowest BCUT2D eigenvalue weighted by Gasteiger charge is -2.17. The third-order valence-electron chi connectivity index (χ3n) is 1.30. The summed E-state index contributed by atoms with van der Waals surface area (Å²) in [5.74, 6) is 0. The first-order valence-corrected chi connectivity index (χ1v) is 4.97. The van der Waals surface area contributed by atoms with Gasteiger partial charge in [-0.3, -0.25) is 0 Å². The molecule has 0 aliphatic carbocycles. The highest BCUT2D eigenvalue weighted by molar-refractivity contribution is 7.55. The Labute approximate surface area is 78.1 Å². The van der Waals surface area contributed by atoms with Gasteiger partial charge in [0.05, 0.1) is 0 Å². The number of rotatable bonds is 6. The van der Waals surface area contributed by atoms with Crippen LogP contribution in [0.4, 0.5) is 0 Å². The van der Waals surface area contributed by atoms with Crippen molar-refractivity contribution >= 4 is 14.4 Å². The smallest absolute Gasteiger partial charge is 0.337 e. The fraction of sp³-hybridized carbons (Fsp3) is 0.833. The summed E-state index contributed by atoms with van der Waals surface area (Å²) in [6.07, 6.45) is -0.751. The predicted octanol–water partition coefficient (Wildman–Crippen LogP) is 1.50. The molecular formula is C6H15N2O4P. The molecule has 13 heavy (non-hydrogen) atoms. The molecule has 0 unspecified atom stereocenters. The summed E-state index contributed by atoms with van der Waals surface area (Å²) in [6.45, 7) is 3.34. The van der Waals surface area contributed by atoms with Crippen molar-refractivity contribution < 1.29 is 18.5 Å². The van der Waals surface area contributed by atoms with Crippen LogP contribution >= 0.6 is 7.66 Å². The molecule has 0 bridgehead atoms. The molecule has 0 aliphatic rings. The Balaban J connectivity index is 4.77. The van der Waals surface area contributed by atoms with Crippen LogP contribution in [0.1, 0.15) is 0 Å². The number of hydrogen-bond donors (Lipinski definition) is 0. The van der Waals surface area contributed by atoms with E-state index in [0.717, 1.165) is 0 Å². The lowest BCUT2D eigenvalue weighted by Crippen LogP contribution is -2.09. The lowest BCUT2D eigenvalue weighted by atomic mass is 11.1. The van der Waals surface area contributed by atoms with E-state index in [1.807, 2.05) is 0 Å². The summed E-state index contributed by atoms with van der Waals surface area (Å²) in [4.78, 5) is 0. The second kappa shape index (κ2) is 6.23. The molecule has 7 heteroatoms. The summed E-state index contributed by atoms with van der Waals surface area (Å²) in [6, 6.07) is 0. The van der Waals surface area contributed by atoms with Gasteiger partial charge in [-0.25, -0.2) is 4.76 Å². The average Bonchev–Trinajstić information content (AvgIpc) is 2.21. The van der Waals surface area contributed by atoms with Crippen molar-refractivity contribution in [3.63, 3.8) is 0 Å². The average molecular weight is 210 g/mol. The Morgan fingerprint density at radius 1 is 1.08 bits per heavy atom. The van der Waals surface area contributed by atoms with Gasteiger partial charge >= 0.3 is 7.66 Å². The molecule has 0 radical (unpaired) electrons. The van der Waals surface area contributed by atoms with Crippen LogP contribution in [0.2, 0.25) is 0 Å². The van der Waals surface area contributed by atoms with E-state index in [-0.39, 0.29) is 0 Å². The van der Waals surface area contributed by atoms with Crippen molar-refractivity contribution in [1.82, 2.24) is 0 Å². The summed E-state index contributed by atoms with van der Waals surface area (Å²) in [5, 5.41) is 0. The molecule has 0 spiro atoms. The second-order valence-corrected chi connectivity index (χ2v) is 4.12. The Bertz CT molecular complexity index is 197. The molecular weight excluding hydrogens is 195 g/mol. The van der Waals surface area contributed by atoms with Crippen LogP contribution in [0.25, 0.3) is 0 Å². The quantitative estimate of drug-likeness (QED) is 0.378. The highest BCUT2D eigenvalue weighted by Gasteiger charge is 2.19. The monoisotopic (exact) mass is 210 g/mol. The summed E-state index contributed by atoms with van der Waals surface area (Å²) >= 11 is 0. The molecule has 0 aliphatic heterocycles. The van der Waals surface area contributed by atoms with Gasteiger partial charge in [-0.1, -0.05) is 0 Å². The van der Waals surface area contributed by atoms with Gasteiger partial charge in [0.2, 0.25) is 0 Å². The zero-order chi connectivity index (χ0) is 10.3. The molecule has 0 N–H and O–H groups in total. The maximum atomic E-state index is 5.00. The summed E-state index contributed by atoms with van der Waals surface area (Å²) < 4.78 is 27.4. The number of ether oxygens (including phenoxy) is 2. The fourth-order valence-electron chi connectivity index (χ4n) is 0.630. The zero-order valence-corrected chi connectivity index (χ0v) is 9.15. The minimum atomic E-state index is -2.64. The first kappa shape index (κ1) is 12.7. The van der Waals surface area contributed by atoms with Gasteiger partial charge in [0, 0.05) is 28.4 Å². The molecule has 0 saturated carbocycles. The lowest BCUT2D eigenvalue weighted by molar-refractivity contribution is -0.0947. The Hall–Kier alpha value is -0.260. The van der Waals surface area contributed by atoms with Crippen molar-refractivity contribution in [3.05, 3.63) is 0 Å². The molecule has 0 rings (SSSR count). The van der Waals surface area contributed by atoms with Crippen LogP contribution in [0.15, 0.2) is 9.51 Å². The number of nitrogens with zero attached hydrogens (tertiary/aromatic N) is 2. The van der Waals surface area contributed by atoms with Crippen LogP contribution in [0.3, 0.4) is 0 Å². The predicted molar refractivity (Wildman–Crippen MR) is 50.7 cm³/mol. The topological polar surface area (TPSA) is 61.6 Å². The van der Waals surface area contributed by atoms with E-state index in [1.165, 1.54) is 28.4 Å². The van der Waals surface area contributed by atoms with Crippen LogP contribution in [-0.4, -0.2) is 41.6 Å². The molecule has 0 aromatic carbocycles. The SMILES string of the molecule is C=NP(=NC(OC)OC)(OC)OC. The standard InChI is InChI=1S/C6H15N2O4P/c1-7-13(11-4,12-5)8-6(9-2)10-3/h6H,1H2,2-5H3. The van der Waals surface area contributed by atoms with Gasteiger partial charge in [-0.2, -0.15) is 4.74 Å². The van der Waals surface area contributed by atoms with E-state index >= 15 is 0 Å². The molecule has 6 nitrogen and oxygen atoms in total. The van der Waals surface area contributed by atoms with Gasteiger partial charge in [-0.15, -0.1) is 0 Å². The molecule has 78 valence electrons. The normalized spacial score (nSPS) is 11.8. The summed E-state index contributed by atoms with van der Waals surface area (Å²) in [7, 11) is 3.16. The van der Waals surface area contributed by atoms with Crippen molar-refractivity contribution in [2.24, 2.45) is 9.51 Å². The second-order valence-electron chi connectivity index (χ2n) is 1.89. The fourth-order valence-corrected chi connectivity index (χ4v) is 1.70. The van der Waals surface area contributed by atoms with Gasteiger partial charge in [-0.05, 0) is 6.72 Å². The van der Waals surface area contributed by atoms with Gasteiger partial charge < -0.3 is 18.5 Å². The van der Waals surface area contributed by atoms with Crippen molar-refractivity contribution in [2.75, 3.05) is 28.4 Å². The van der Waals surface area contributed by atoms with E-state index in [9.17, 15) is 0 Å². The third kappa shape index (κ3) is 3.54. The minimum Gasteiger partial charge on any atom is -0.337 e. The highest BCUT2D eigenvalue weighted by atomic mass is 31.2. The molecule has 0 saturated heterocycles. The first-order chi connectivity index (χ1) is 6.17. The first-order valence-electron chi connectivity index (χ1n) is 3.44. The van der Waals surface area contributed by atoms with Crippen LogP contribution in [0.5, 0.6) is 0 Å². The van der Waals surface area contributed by atoms with Crippen molar-refractivity contribution in [2.45, 2.75) is 6.41 Å². The molecule has 0 heterocycles. The largest absolute Gasteiger partial charge is 0.339 e. The molecule has 0 atom stereocenters. The van der Waals surface area contributed by atoms with Gasteiger partial charge in [0.15, 0.2) is 0 Å². The molecule has 0 fully saturated rings. The molecule has 0 amide bonds. The van der Waals surface area contributed by atoms with Gasteiger partial charge in [0.1, 0.15) is 0 Å². The Morgan fingerprint density at radius 3 is 1.77 bits per heavy atom.